The van der Waals surface area contributed by atoms with Crippen molar-refractivity contribution in [2.45, 2.75) is 57.7 Å². The van der Waals surface area contributed by atoms with E-state index < -0.39 is 6.04 Å². The summed E-state index contributed by atoms with van der Waals surface area (Å²) >= 11 is 0. The summed E-state index contributed by atoms with van der Waals surface area (Å²) in [6.45, 7) is 2.52. The molecule has 3 N–H and O–H groups in total. The van der Waals surface area contributed by atoms with Crippen LogP contribution in [-0.2, 0) is 22.6 Å². The van der Waals surface area contributed by atoms with Gasteiger partial charge in [-0.1, -0.05) is 35.9 Å². The second kappa shape index (κ2) is 8.87. The number of benzene rings is 2. The minimum absolute atomic E-state index is 0. The summed E-state index contributed by atoms with van der Waals surface area (Å²) in [5, 5.41) is 3.21. The quantitative estimate of drug-likeness (QED) is 0.750. The van der Waals surface area contributed by atoms with Gasteiger partial charge >= 0.3 is 0 Å². The van der Waals surface area contributed by atoms with Crippen LogP contribution in [0.2, 0.25) is 0 Å². The third-order valence-corrected chi connectivity index (χ3v) is 5.90. The molecule has 2 aliphatic rings. The minimum Gasteiger partial charge on any atom is -0.399 e. The van der Waals surface area contributed by atoms with E-state index in [1.54, 1.807) is 4.90 Å². The van der Waals surface area contributed by atoms with E-state index >= 15 is 0 Å². The summed E-state index contributed by atoms with van der Waals surface area (Å²) in [7, 11) is 0. The molecule has 2 amide bonds. The summed E-state index contributed by atoms with van der Waals surface area (Å²) in [6.07, 6.45) is 3.95. The summed E-state index contributed by atoms with van der Waals surface area (Å²) in [6, 6.07) is 13.7. The molecule has 1 aliphatic heterocycles. The van der Waals surface area contributed by atoms with Crippen molar-refractivity contribution in [3.05, 3.63) is 64.7 Å². The molecule has 0 spiro atoms. The van der Waals surface area contributed by atoms with Crippen LogP contribution in [0.25, 0.3) is 0 Å². The maximum absolute atomic E-state index is 13.1. The Morgan fingerprint density at radius 2 is 1.90 bits per heavy atom. The number of nitrogens with two attached hydrogens (primary N) is 1. The third kappa shape index (κ3) is 4.56. The van der Waals surface area contributed by atoms with Crippen LogP contribution in [0.5, 0.6) is 0 Å². The number of nitrogen functional groups attached to an aromatic ring is 1. The third-order valence-electron chi connectivity index (χ3n) is 5.90. The Morgan fingerprint density at radius 1 is 1.14 bits per heavy atom. The maximum atomic E-state index is 13.1. The Kier molecular flexibility index (Phi) is 6.48. The second-order valence-corrected chi connectivity index (χ2v) is 7.97. The van der Waals surface area contributed by atoms with Crippen LogP contribution in [-0.4, -0.2) is 22.8 Å². The van der Waals surface area contributed by atoms with Gasteiger partial charge in [-0.25, -0.2) is 0 Å². The molecule has 1 heterocycles. The van der Waals surface area contributed by atoms with Crippen LogP contribution < -0.4 is 11.1 Å². The van der Waals surface area contributed by atoms with E-state index in [2.05, 4.69) is 5.32 Å². The molecule has 2 aromatic carbocycles. The number of amides is 2. The zero-order valence-corrected chi connectivity index (χ0v) is 17.5. The zero-order chi connectivity index (χ0) is 19.7. The van der Waals surface area contributed by atoms with Crippen molar-refractivity contribution in [1.29, 1.82) is 0 Å². The first-order chi connectivity index (χ1) is 13.5. The van der Waals surface area contributed by atoms with Crippen molar-refractivity contribution < 1.29 is 9.59 Å². The van der Waals surface area contributed by atoms with Gasteiger partial charge in [0, 0.05) is 18.7 Å². The van der Waals surface area contributed by atoms with E-state index in [1.807, 2.05) is 49.4 Å². The van der Waals surface area contributed by atoms with E-state index in [0.29, 0.717) is 19.4 Å². The fourth-order valence-electron chi connectivity index (χ4n) is 4.35. The smallest absolute Gasteiger partial charge is 0.243 e. The van der Waals surface area contributed by atoms with Crippen molar-refractivity contribution in [1.82, 2.24) is 10.2 Å². The monoisotopic (exact) mass is 413 g/mol. The molecule has 1 saturated heterocycles. The van der Waals surface area contributed by atoms with Gasteiger partial charge in [0.1, 0.15) is 6.04 Å². The molecule has 5 nitrogen and oxygen atoms in total. The van der Waals surface area contributed by atoms with Gasteiger partial charge < -0.3 is 16.0 Å². The molecule has 1 fully saturated rings. The molecule has 1 aliphatic carbocycles. The number of aryl methyl sites for hydroxylation is 2. The van der Waals surface area contributed by atoms with Gasteiger partial charge in [-0.15, -0.1) is 12.4 Å². The highest BCUT2D eigenvalue weighted by Gasteiger charge is 2.37. The van der Waals surface area contributed by atoms with E-state index in [1.165, 1.54) is 11.1 Å². The predicted molar refractivity (Wildman–Crippen MR) is 117 cm³/mol. The molecule has 6 heteroatoms. The fourth-order valence-corrected chi connectivity index (χ4v) is 4.35. The largest absolute Gasteiger partial charge is 0.399 e. The first-order valence-corrected chi connectivity index (χ1v) is 10.0. The lowest BCUT2D eigenvalue weighted by molar-refractivity contribution is -0.136. The summed E-state index contributed by atoms with van der Waals surface area (Å²) in [5.41, 5.74) is 11.3. The maximum Gasteiger partial charge on any atom is 0.243 e. The van der Waals surface area contributed by atoms with E-state index in [-0.39, 0.29) is 30.3 Å². The highest BCUT2D eigenvalue weighted by atomic mass is 35.5. The number of halogens is 1. The van der Waals surface area contributed by atoms with Crippen LogP contribution in [0.15, 0.2) is 42.5 Å². The SMILES string of the molecule is Cc1ccc(CN2C(=O)CCC2C(=O)NC2CCCc3cc(N)ccc32)cc1.Cl. The lowest BCUT2D eigenvalue weighted by atomic mass is 9.87. The number of hydrogen-bond acceptors (Lipinski definition) is 3. The van der Waals surface area contributed by atoms with Crippen molar-refractivity contribution in [3.8, 4) is 0 Å². The molecule has 2 atom stereocenters. The molecule has 154 valence electrons. The molecular weight excluding hydrogens is 386 g/mol. The van der Waals surface area contributed by atoms with E-state index in [9.17, 15) is 9.59 Å². The summed E-state index contributed by atoms with van der Waals surface area (Å²) < 4.78 is 0. The molecule has 0 bridgehead atoms. The summed E-state index contributed by atoms with van der Waals surface area (Å²) in [4.78, 5) is 27.2. The van der Waals surface area contributed by atoms with Crippen molar-refractivity contribution in [2.24, 2.45) is 0 Å². The van der Waals surface area contributed by atoms with E-state index in [4.69, 9.17) is 5.73 Å². The number of carbonyl (C=O) groups is 2. The molecule has 0 saturated carbocycles. The van der Waals surface area contributed by atoms with Gasteiger partial charge in [0.25, 0.3) is 0 Å². The predicted octanol–water partition coefficient (Wildman–Crippen LogP) is 3.68. The number of anilines is 1. The number of nitrogens with zero attached hydrogens (tertiary/aromatic N) is 1. The Morgan fingerprint density at radius 3 is 2.66 bits per heavy atom. The number of fused-ring (bicyclic) bond motifs is 1. The average molecular weight is 414 g/mol. The minimum atomic E-state index is -0.395. The molecule has 0 radical (unpaired) electrons. The lowest BCUT2D eigenvalue weighted by Crippen LogP contribution is -2.45. The normalized spacial score (nSPS) is 20.7. The van der Waals surface area contributed by atoms with Crippen molar-refractivity contribution >= 4 is 29.9 Å². The van der Waals surface area contributed by atoms with Gasteiger partial charge in [0.15, 0.2) is 0 Å². The van der Waals surface area contributed by atoms with Gasteiger partial charge in [-0.05, 0) is 61.4 Å². The summed E-state index contributed by atoms with van der Waals surface area (Å²) in [5.74, 6) is 0.00480. The number of rotatable bonds is 4. The Labute approximate surface area is 178 Å². The van der Waals surface area contributed by atoms with E-state index in [0.717, 1.165) is 36.1 Å². The van der Waals surface area contributed by atoms with Crippen LogP contribution >= 0.6 is 12.4 Å². The number of likely N-dealkylation sites (tertiary alicyclic amines) is 1. The topological polar surface area (TPSA) is 75.4 Å². The van der Waals surface area contributed by atoms with Crippen LogP contribution in [0.1, 0.15) is 54.0 Å². The van der Waals surface area contributed by atoms with Gasteiger partial charge in [-0.2, -0.15) is 0 Å². The van der Waals surface area contributed by atoms with Gasteiger partial charge in [0.05, 0.1) is 6.04 Å². The first-order valence-electron chi connectivity index (χ1n) is 10.0. The first kappa shape index (κ1) is 21.2. The fraction of sp³-hybridized carbons (Fsp3) is 0.391. The van der Waals surface area contributed by atoms with Gasteiger partial charge in [-0.3, -0.25) is 9.59 Å². The molecule has 29 heavy (non-hydrogen) atoms. The Balaban J connectivity index is 0.00000240. The van der Waals surface area contributed by atoms with Crippen LogP contribution in [0, 0.1) is 6.92 Å². The standard InChI is InChI=1S/C23H27N3O2.ClH/c1-15-5-7-16(8-6-15)14-26-21(11-12-22(26)27)23(28)25-20-4-2-3-17-13-18(24)9-10-19(17)20;/h5-10,13,20-21H,2-4,11-12,14,24H2,1H3,(H,25,28);1H. The van der Waals surface area contributed by atoms with Crippen molar-refractivity contribution in [3.63, 3.8) is 0 Å². The number of nitrogens with one attached hydrogen (secondary N) is 1. The number of hydrogen-bond donors (Lipinski definition) is 2. The number of carbonyl (C=O) groups excluding carboxylic acids is 2. The second-order valence-electron chi connectivity index (χ2n) is 7.97. The van der Waals surface area contributed by atoms with Crippen LogP contribution in [0.3, 0.4) is 0 Å². The lowest BCUT2D eigenvalue weighted by Gasteiger charge is -2.30. The van der Waals surface area contributed by atoms with Crippen molar-refractivity contribution in [2.75, 3.05) is 5.73 Å². The molecule has 2 unspecified atom stereocenters. The Bertz CT molecular complexity index is 897. The molecule has 4 rings (SSSR count). The Hall–Kier alpha value is -2.53. The molecule has 2 aromatic rings. The zero-order valence-electron chi connectivity index (χ0n) is 16.7. The highest BCUT2D eigenvalue weighted by Crippen LogP contribution is 2.32. The average Bonchev–Trinajstić information content (AvgIpc) is 3.04. The molecule has 0 aromatic heterocycles. The molecular formula is C23H28ClN3O2. The van der Waals surface area contributed by atoms with Gasteiger partial charge in [0.2, 0.25) is 11.8 Å². The van der Waals surface area contributed by atoms with Crippen LogP contribution in [0.4, 0.5) is 5.69 Å². The highest BCUT2D eigenvalue weighted by molar-refractivity contribution is 5.91.